The van der Waals surface area contributed by atoms with Crippen LogP contribution in [0.2, 0.25) is 0 Å². The van der Waals surface area contributed by atoms with Gasteiger partial charge in [-0.25, -0.2) is 0 Å². The van der Waals surface area contributed by atoms with Crippen LogP contribution >= 0.6 is 0 Å². The molecular weight excluding hydrogens is 284 g/mol. The Balaban J connectivity index is 1.58. The molecule has 23 heavy (non-hydrogen) atoms. The molecule has 1 atom stereocenters. The SMILES string of the molecule is Cc1c[nH]c(C(=O)N2CCC[C@H](CCc3ccccc3C)C2)c1. The third-order valence-electron chi connectivity index (χ3n) is 4.95. The van der Waals surface area contributed by atoms with Crippen molar-refractivity contribution in [3.05, 3.63) is 58.9 Å². The second-order valence-electron chi connectivity index (χ2n) is 6.82. The molecule has 0 unspecified atom stereocenters. The molecule has 0 radical (unpaired) electrons. The van der Waals surface area contributed by atoms with Crippen LogP contribution in [0.1, 0.15) is 46.4 Å². The fourth-order valence-corrected chi connectivity index (χ4v) is 3.53. The first-order valence-corrected chi connectivity index (χ1v) is 8.62. The Hall–Kier alpha value is -2.03. The fraction of sp³-hybridized carbons (Fsp3) is 0.450. The van der Waals surface area contributed by atoms with Gasteiger partial charge >= 0.3 is 0 Å². The minimum absolute atomic E-state index is 0.152. The Labute approximate surface area is 138 Å². The number of carbonyl (C=O) groups is 1. The van der Waals surface area contributed by atoms with Crippen LogP contribution in [0.25, 0.3) is 0 Å². The normalized spacial score (nSPS) is 18.2. The molecule has 2 heterocycles. The quantitative estimate of drug-likeness (QED) is 0.906. The number of benzene rings is 1. The maximum atomic E-state index is 12.6. The van der Waals surface area contributed by atoms with Gasteiger partial charge in [0.25, 0.3) is 5.91 Å². The van der Waals surface area contributed by atoms with Gasteiger partial charge in [0.1, 0.15) is 5.69 Å². The molecular formula is C20H26N2O. The standard InChI is InChI=1S/C20H26N2O/c1-15-12-19(21-13-15)20(23)22-11-5-7-17(14-22)9-10-18-8-4-3-6-16(18)2/h3-4,6,8,12-13,17,21H,5,7,9-11,14H2,1-2H3/t17-/m1/s1. The Morgan fingerprint density at radius 3 is 2.87 bits per heavy atom. The minimum Gasteiger partial charge on any atom is -0.357 e. The number of carbonyl (C=O) groups excluding carboxylic acids is 1. The highest BCUT2D eigenvalue weighted by atomic mass is 16.2. The van der Waals surface area contributed by atoms with Crippen LogP contribution in [0.3, 0.4) is 0 Å². The highest BCUT2D eigenvalue weighted by molar-refractivity contribution is 5.92. The van der Waals surface area contributed by atoms with Crippen LogP contribution in [0.15, 0.2) is 36.5 Å². The van der Waals surface area contributed by atoms with Crippen LogP contribution in [0.5, 0.6) is 0 Å². The fourth-order valence-electron chi connectivity index (χ4n) is 3.53. The van der Waals surface area contributed by atoms with Gasteiger partial charge in [0.2, 0.25) is 0 Å². The summed E-state index contributed by atoms with van der Waals surface area (Å²) in [6.45, 7) is 5.97. The van der Waals surface area contributed by atoms with E-state index in [0.29, 0.717) is 5.92 Å². The predicted molar refractivity (Wildman–Crippen MR) is 93.7 cm³/mol. The lowest BCUT2D eigenvalue weighted by molar-refractivity contribution is 0.0663. The van der Waals surface area contributed by atoms with Crippen molar-refractivity contribution in [2.24, 2.45) is 5.92 Å². The van der Waals surface area contributed by atoms with Gasteiger partial charge < -0.3 is 9.88 Å². The highest BCUT2D eigenvalue weighted by Gasteiger charge is 2.25. The number of H-pyrrole nitrogens is 1. The summed E-state index contributed by atoms with van der Waals surface area (Å²) >= 11 is 0. The van der Waals surface area contributed by atoms with Gasteiger partial charge in [-0.15, -0.1) is 0 Å². The summed E-state index contributed by atoms with van der Waals surface area (Å²) in [5.74, 6) is 0.766. The number of nitrogens with one attached hydrogen (secondary N) is 1. The average molecular weight is 310 g/mol. The molecule has 1 aliphatic rings. The van der Waals surface area contributed by atoms with E-state index in [-0.39, 0.29) is 5.91 Å². The summed E-state index contributed by atoms with van der Waals surface area (Å²) in [6.07, 6.45) is 6.52. The Kier molecular flexibility index (Phi) is 4.85. The molecule has 122 valence electrons. The van der Waals surface area contributed by atoms with Gasteiger partial charge in [0, 0.05) is 19.3 Å². The lowest BCUT2D eigenvalue weighted by Gasteiger charge is -2.32. The van der Waals surface area contributed by atoms with E-state index in [9.17, 15) is 4.79 Å². The van der Waals surface area contributed by atoms with Crippen LogP contribution in [0, 0.1) is 19.8 Å². The summed E-state index contributed by atoms with van der Waals surface area (Å²) < 4.78 is 0. The molecule has 0 aliphatic carbocycles. The van der Waals surface area contributed by atoms with Crippen molar-refractivity contribution >= 4 is 5.91 Å². The molecule has 3 heteroatoms. The Morgan fingerprint density at radius 1 is 1.30 bits per heavy atom. The van der Waals surface area contributed by atoms with Gasteiger partial charge in [0.15, 0.2) is 0 Å². The molecule has 0 bridgehead atoms. The van der Waals surface area contributed by atoms with Gasteiger partial charge in [-0.1, -0.05) is 24.3 Å². The zero-order chi connectivity index (χ0) is 16.2. The first kappa shape index (κ1) is 15.9. The van der Waals surface area contributed by atoms with Crippen molar-refractivity contribution in [1.29, 1.82) is 0 Å². The summed E-state index contributed by atoms with van der Waals surface area (Å²) in [4.78, 5) is 17.7. The Bertz CT molecular complexity index is 674. The van der Waals surface area contributed by atoms with Gasteiger partial charge in [-0.3, -0.25) is 4.79 Å². The van der Waals surface area contributed by atoms with Crippen molar-refractivity contribution in [3.63, 3.8) is 0 Å². The van der Waals surface area contributed by atoms with E-state index in [1.165, 1.54) is 24.0 Å². The maximum absolute atomic E-state index is 12.6. The number of hydrogen-bond donors (Lipinski definition) is 1. The van der Waals surface area contributed by atoms with Crippen LogP contribution < -0.4 is 0 Å². The van der Waals surface area contributed by atoms with Gasteiger partial charge in [0.05, 0.1) is 0 Å². The lowest BCUT2D eigenvalue weighted by Crippen LogP contribution is -2.40. The lowest BCUT2D eigenvalue weighted by atomic mass is 9.90. The maximum Gasteiger partial charge on any atom is 0.270 e. The third-order valence-corrected chi connectivity index (χ3v) is 4.95. The van der Waals surface area contributed by atoms with Crippen molar-refractivity contribution in [1.82, 2.24) is 9.88 Å². The largest absolute Gasteiger partial charge is 0.357 e. The third kappa shape index (κ3) is 3.84. The summed E-state index contributed by atoms with van der Waals surface area (Å²) in [5.41, 5.74) is 4.65. The second-order valence-corrected chi connectivity index (χ2v) is 6.82. The number of hydrogen-bond acceptors (Lipinski definition) is 1. The van der Waals surface area contributed by atoms with E-state index in [1.54, 1.807) is 0 Å². The molecule has 0 spiro atoms. The second kappa shape index (κ2) is 7.03. The molecule has 1 aliphatic heterocycles. The number of aryl methyl sites for hydroxylation is 3. The molecule has 1 N–H and O–H groups in total. The van der Waals surface area contributed by atoms with Crippen molar-refractivity contribution < 1.29 is 4.79 Å². The molecule has 3 nitrogen and oxygen atoms in total. The highest BCUT2D eigenvalue weighted by Crippen LogP contribution is 2.23. The number of nitrogens with zero attached hydrogens (tertiary/aromatic N) is 1. The summed E-state index contributed by atoms with van der Waals surface area (Å²) in [6, 6.07) is 10.6. The number of piperidine rings is 1. The number of aromatic amines is 1. The predicted octanol–water partition coefficient (Wildman–Crippen LogP) is 4.12. The first-order valence-electron chi connectivity index (χ1n) is 8.62. The van der Waals surface area contributed by atoms with Crippen molar-refractivity contribution in [2.75, 3.05) is 13.1 Å². The minimum atomic E-state index is 0.152. The van der Waals surface area contributed by atoms with E-state index in [2.05, 4.69) is 36.2 Å². The molecule has 1 fully saturated rings. The zero-order valence-electron chi connectivity index (χ0n) is 14.1. The van der Waals surface area contributed by atoms with Crippen molar-refractivity contribution in [2.45, 2.75) is 39.5 Å². The van der Waals surface area contributed by atoms with Crippen LogP contribution in [-0.2, 0) is 6.42 Å². The van der Waals surface area contributed by atoms with E-state index < -0.39 is 0 Å². The average Bonchev–Trinajstić information content (AvgIpc) is 3.00. The number of amides is 1. The number of aromatic nitrogens is 1. The first-order chi connectivity index (χ1) is 11.1. The van der Waals surface area contributed by atoms with E-state index in [0.717, 1.165) is 37.2 Å². The van der Waals surface area contributed by atoms with E-state index in [1.807, 2.05) is 24.1 Å². The number of rotatable bonds is 4. The van der Waals surface area contributed by atoms with Crippen LogP contribution in [0.4, 0.5) is 0 Å². The van der Waals surface area contributed by atoms with E-state index in [4.69, 9.17) is 0 Å². The van der Waals surface area contributed by atoms with Crippen molar-refractivity contribution in [3.8, 4) is 0 Å². The monoisotopic (exact) mass is 310 g/mol. The summed E-state index contributed by atoms with van der Waals surface area (Å²) in [7, 11) is 0. The topological polar surface area (TPSA) is 36.1 Å². The smallest absolute Gasteiger partial charge is 0.270 e. The Morgan fingerprint density at radius 2 is 2.13 bits per heavy atom. The molecule has 1 aromatic heterocycles. The van der Waals surface area contributed by atoms with E-state index >= 15 is 0 Å². The molecule has 2 aromatic rings. The van der Waals surface area contributed by atoms with Gasteiger partial charge in [-0.05, 0) is 68.2 Å². The summed E-state index contributed by atoms with van der Waals surface area (Å²) in [5, 5.41) is 0. The molecule has 1 amide bonds. The number of likely N-dealkylation sites (tertiary alicyclic amines) is 1. The molecule has 0 saturated carbocycles. The molecule has 3 rings (SSSR count). The molecule has 1 aromatic carbocycles. The van der Waals surface area contributed by atoms with Crippen LogP contribution in [-0.4, -0.2) is 28.9 Å². The molecule has 1 saturated heterocycles. The zero-order valence-corrected chi connectivity index (χ0v) is 14.1. The van der Waals surface area contributed by atoms with Gasteiger partial charge in [-0.2, -0.15) is 0 Å².